The standard InChI is InChI=1S/C14H17N7/c1-10-11-3-4-12(18-13(11)20(2)19-10)15-9-14(5-6-14)21-16-7-8-17-21/h3-4,7-8H,5-6,9H2,1-2H3,(H,15,18). The Hall–Kier alpha value is -2.44. The number of fused-ring (bicyclic) bond motifs is 1. The van der Waals surface area contributed by atoms with Gasteiger partial charge in [-0.1, -0.05) is 0 Å². The molecular weight excluding hydrogens is 266 g/mol. The maximum absolute atomic E-state index is 4.65. The summed E-state index contributed by atoms with van der Waals surface area (Å²) in [6, 6.07) is 4.07. The Morgan fingerprint density at radius 3 is 2.71 bits per heavy atom. The monoisotopic (exact) mass is 283 g/mol. The number of pyridine rings is 1. The highest BCUT2D eigenvalue weighted by atomic mass is 15.5. The second-order valence-electron chi connectivity index (χ2n) is 5.67. The first kappa shape index (κ1) is 12.3. The zero-order chi connectivity index (χ0) is 14.4. The van der Waals surface area contributed by atoms with Gasteiger partial charge in [0.15, 0.2) is 5.65 Å². The van der Waals surface area contributed by atoms with Crippen molar-refractivity contribution >= 4 is 16.9 Å². The quantitative estimate of drug-likeness (QED) is 0.785. The molecule has 1 saturated carbocycles. The second-order valence-corrected chi connectivity index (χ2v) is 5.67. The largest absolute Gasteiger partial charge is 0.367 e. The van der Waals surface area contributed by atoms with Gasteiger partial charge < -0.3 is 5.32 Å². The third-order valence-electron chi connectivity index (χ3n) is 4.14. The fourth-order valence-electron chi connectivity index (χ4n) is 2.71. The molecule has 0 amide bonds. The molecule has 3 aromatic rings. The Morgan fingerprint density at radius 1 is 1.24 bits per heavy atom. The molecule has 0 atom stereocenters. The number of hydrogen-bond donors (Lipinski definition) is 1. The lowest BCUT2D eigenvalue weighted by Crippen LogP contribution is -2.28. The zero-order valence-corrected chi connectivity index (χ0v) is 12.1. The van der Waals surface area contributed by atoms with Crippen molar-refractivity contribution in [1.82, 2.24) is 29.8 Å². The summed E-state index contributed by atoms with van der Waals surface area (Å²) in [5.41, 5.74) is 1.92. The highest BCUT2D eigenvalue weighted by molar-refractivity contribution is 5.79. The number of aryl methyl sites for hydroxylation is 2. The highest BCUT2D eigenvalue weighted by Gasteiger charge is 2.46. The van der Waals surface area contributed by atoms with Gasteiger partial charge >= 0.3 is 0 Å². The molecule has 7 heteroatoms. The summed E-state index contributed by atoms with van der Waals surface area (Å²) >= 11 is 0. The van der Waals surface area contributed by atoms with Crippen LogP contribution >= 0.6 is 0 Å². The molecule has 108 valence electrons. The summed E-state index contributed by atoms with van der Waals surface area (Å²) in [6.07, 6.45) is 5.65. The van der Waals surface area contributed by atoms with Crippen molar-refractivity contribution < 1.29 is 0 Å². The van der Waals surface area contributed by atoms with Gasteiger partial charge in [0.25, 0.3) is 0 Å². The first-order chi connectivity index (χ1) is 10.2. The molecule has 7 nitrogen and oxygen atoms in total. The smallest absolute Gasteiger partial charge is 0.160 e. The van der Waals surface area contributed by atoms with Gasteiger partial charge in [-0.2, -0.15) is 20.1 Å². The molecule has 0 saturated heterocycles. The number of nitrogens with zero attached hydrogens (tertiary/aromatic N) is 6. The maximum Gasteiger partial charge on any atom is 0.160 e. The molecule has 1 aliphatic carbocycles. The summed E-state index contributed by atoms with van der Waals surface area (Å²) in [5.74, 6) is 0.865. The van der Waals surface area contributed by atoms with Crippen LogP contribution in [-0.4, -0.2) is 36.3 Å². The average Bonchev–Trinajstić information content (AvgIpc) is 2.95. The fraction of sp³-hybridized carbons (Fsp3) is 0.429. The van der Waals surface area contributed by atoms with Crippen molar-refractivity contribution in [2.45, 2.75) is 25.3 Å². The van der Waals surface area contributed by atoms with Crippen LogP contribution in [0, 0.1) is 6.92 Å². The van der Waals surface area contributed by atoms with E-state index in [4.69, 9.17) is 0 Å². The van der Waals surface area contributed by atoms with Crippen molar-refractivity contribution in [3.05, 3.63) is 30.2 Å². The molecule has 0 bridgehead atoms. The van der Waals surface area contributed by atoms with E-state index in [1.54, 1.807) is 12.4 Å². The second kappa shape index (κ2) is 4.28. The van der Waals surface area contributed by atoms with Gasteiger partial charge in [0, 0.05) is 19.0 Å². The normalized spacial score (nSPS) is 16.3. The molecular formula is C14H17N7. The Balaban J connectivity index is 1.57. The third kappa shape index (κ3) is 1.96. The van der Waals surface area contributed by atoms with E-state index < -0.39 is 0 Å². The van der Waals surface area contributed by atoms with E-state index in [1.165, 1.54) is 0 Å². The van der Waals surface area contributed by atoms with Crippen molar-refractivity contribution in [2.75, 3.05) is 11.9 Å². The number of hydrogen-bond acceptors (Lipinski definition) is 5. The zero-order valence-electron chi connectivity index (χ0n) is 12.1. The van der Waals surface area contributed by atoms with E-state index in [2.05, 4.69) is 31.7 Å². The minimum Gasteiger partial charge on any atom is -0.367 e. The summed E-state index contributed by atoms with van der Waals surface area (Å²) in [5, 5.41) is 17.4. The minimum absolute atomic E-state index is 0.0164. The third-order valence-corrected chi connectivity index (χ3v) is 4.14. The predicted molar refractivity (Wildman–Crippen MR) is 79.0 cm³/mol. The summed E-state index contributed by atoms with van der Waals surface area (Å²) < 4.78 is 1.82. The van der Waals surface area contributed by atoms with E-state index in [9.17, 15) is 0 Å². The lowest BCUT2D eigenvalue weighted by atomic mass is 10.2. The van der Waals surface area contributed by atoms with E-state index in [1.807, 2.05) is 29.5 Å². The van der Waals surface area contributed by atoms with E-state index in [-0.39, 0.29) is 5.54 Å². The van der Waals surface area contributed by atoms with Crippen LogP contribution in [0.2, 0.25) is 0 Å². The number of anilines is 1. The molecule has 0 aliphatic heterocycles. The number of aromatic nitrogens is 6. The van der Waals surface area contributed by atoms with E-state index in [0.29, 0.717) is 0 Å². The van der Waals surface area contributed by atoms with Gasteiger partial charge in [-0.15, -0.1) is 0 Å². The van der Waals surface area contributed by atoms with Crippen LogP contribution in [0.4, 0.5) is 5.82 Å². The van der Waals surface area contributed by atoms with Gasteiger partial charge in [-0.05, 0) is 31.9 Å². The van der Waals surface area contributed by atoms with Crippen LogP contribution in [0.15, 0.2) is 24.5 Å². The molecule has 0 unspecified atom stereocenters. The molecule has 1 aliphatic rings. The van der Waals surface area contributed by atoms with Crippen molar-refractivity contribution in [3.63, 3.8) is 0 Å². The SMILES string of the molecule is Cc1nn(C)c2nc(NCC3(n4nccn4)CC3)ccc12. The Labute approximate surface area is 122 Å². The molecule has 3 heterocycles. The van der Waals surface area contributed by atoms with Gasteiger partial charge in [0.05, 0.1) is 23.6 Å². The van der Waals surface area contributed by atoms with Gasteiger partial charge in [0.2, 0.25) is 0 Å². The first-order valence-corrected chi connectivity index (χ1v) is 7.09. The Morgan fingerprint density at radius 2 is 2.00 bits per heavy atom. The van der Waals surface area contributed by atoms with Crippen molar-refractivity contribution in [2.24, 2.45) is 7.05 Å². The van der Waals surface area contributed by atoms with Gasteiger partial charge in [-0.3, -0.25) is 4.68 Å². The first-order valence-electron chi connectivity index (χ1n) is 7.09. The summed E-state index contributed by atoms with van der Waals surface area (Å²) in [6.45, 7) is 2.79. The highest BCUT2D eigenvalue weighted by Crippen LogP contribution is 2.42. The van der Waals surface area contributed by atoms with Gasteiger partial charge in [0.1, 0.15) is 5.82 Å². The van der Waals surface area contributed by atoms with Crippen LogP contribution in [0.5, 0.6) is 0 Å². The molecule has 21 heavy (non-hydrogen) atoms. The van der Waals surface area contributed by atoms with Crippen LogP contribution in [-0.2, 0) is 12.6 Å². The van der Waals surface area contributed by atoms with Crippen LogP contribution in [0.25, 0.3) is 11.0 Å². The summed E-state index contributed by atoms with van der Waals surface area (Å²) in [4.78, 5) is 6.46. The molecule has 3 aromatic heterocycles. The molecule has 4 rings (SSSR count). The van der Waals surface area contributed by atoms with Crippen LogP contribution in [0.1, 0.15) is 18.5 Å². The Bertz CT molecular complexity index is 783. The fourth-order valence-corrected chi connectivity index (χ4v) is 2.71. The van der Waals surface area contributed by atoms with Crippen LogP contribution < -0.4 is 5.32 Å². The van der Waals surface area contributed by atoms with Gasteiger partial charge in [-0.25, -0.2) is 4.98 Å². The minimum atomic E-state index is 0.0164. The lowest BCUT2D eigenvalue weighted by molar-refractivity contribution is 0.398. The Kier molecular flexibility index (Phi) is 2.51. The van der Waals surface area contributed by atoms with Crippen LogP contribution in [0.3, 0.4) is 0 Å². The molecule has 1 fully saturated rings. The van der Waals surface area contributed by atoms with Crippen molar-refractivity contribution in [3.8, 4) is 0 Å². The van der Waals surface area contributed by atoms with E-state index >= 15 is 0 Å². The molecule has 0 radical (unpaired) electrons. The number of nitrogens with one attached hydrogen (secondary N) is 1. The maximum atomic E-state index is 4.65. The topological polar surface area (TPSA) is 73.5 Å². The molecule has 0 spiro atoms. The number of rotatable bonds is 4. The van der Waals surface area contributed by atoms with E-state index in [0.717, 1.165) is 41.9 Å². The lowest BCUT2D eigenvalue weighted by Gasteiger charge is -2.15. The average molecular weight is 283 g/mol. The summed E-state index contributed by atoms with van der Waals surface area (Å²) in [7, 11) is 1.92. The molecule has 0 aromatic carbocycles. The predicted octanol–water partition coefficient (Wildman–Crippen LogP) is 1.47. The van der Waals surface area contributed by atoms with Crippen molar-refractivity contribution in [1.29, 1.82) is 0 Å². The molecule has 1 N–H and O–H groups in total.